The fourth-order valence-electron chi connectivity index (χ4n) is 1.92. The topological polar surface area (TPSA) is 72.2 Å². The van der Waals surface area contributed by atoms with Crippen LogP contribution in [-0.4, -0.2) is 21.0 Å². The first-order valence-electron chi connectivity index (χ1n) is 6.28. The predicted octanol–water partition coefficient (Wildman–Crippen LogP) is 1.86. The smallest absolute Gasteiger partial charge is 0.240 e. The number of fused-ring (bicyclic) bond motifs is 1. The molecule has 0 spiro atoms. The second-order valence-corrected chi connectivity index (χ2v) is 6.19. The van der Waals surface area contributed by atoms with Gasteiger partial charge >= 0.3 is 0 Å². The molecule has 0 heterocycles. The molecule has 102 valence electrons. The second kappa shape index (κ2) is 5.69. The molecule has 0 aliphatic carbocycles. The Morgan fingerprint density at radius 3 is 2.47 bits per heavy atom. The molecule has 0 saturated heterocycles. The van der Waals surface area contributed by atoms with E-state index in [9.17, 15) is 8.42 Å². The molecule has 0 amide bonds. The van der Waals surface area contributed by atoms with Crippen LogP contribution >= 0.6 is 0 Å². The van der Waals surface area contributed by atoms with Gasteiger partial charge in [-0.3, -0.25) is 0 Å². The Morgan fingerprint density at radius 2 is 1.84 bits per heavy atom. The number of benzene rings is 2. The molecule has 3 N–H and O–H groups in total. The van der Waals surface area contributed by atoms with Gasteiger partial charge in [0.05, 0.1) is 4.90 Å². The minimum atomic E-state index is -3.51. The Hall–Kier alpha value is -1.43. The fourth-order valence-corrected chi connectivity index (χ4v) is 3.29. The highest BCUT2D eigenvalue weighted by Gasteiger charge is 2.18. The van der Waals surface area contributed by atoms with Crippen molar-refractivity contribution < 1.29 is 8.42 Å². The Kier molecular flexibility index (Phi) is 4.19. The monoisotopic (exact) mass is 278 g/mol. The van der Waals surface area contributed by atoms with Gasteiger partial charge in [-0.1, -0.05) is 37.3 Å². The summed E-state index contributed by atoms with van der Waals surface area (Å²) in [4.78, 5) is 0.276. The van der Waals surface area contributed by atoms with E-state index in [2.05, 4.69) is 4.72 Å². The van der Waals surface area contributed by atoms with Crippen LogP contribution in [-0.2, 0) is 10.0 Å². The second-order valence-electron chi connectivity index (χ2n) is 4.47. The van der Waals surface area contributed by atoms with E-state index in [-0.39, 0.29) is 10.9 Å². The van der Waals surface area contributed by atoms with Crippen LogP contribution in [0.4, 0.5) is 0 Å². The van der Waals surface area contributed by atoms with E-state index in [1.54, 1.807) is 12.1 Å². The van der Waals surface area contributed by atoms with E-state index in [0.717, 1.165) is 10.8 Å². The molecule has 5 heteroatoms. The van der Waals surface area contributed by atoms with Crippen LogP contribution in [0.3, 0.4) is 0 Å². The fraction of sp³-hybridized carbons (Fsp3) is 0.286. The average Bonchev–Trinajstić information content (AvgIpc) is 2.44. The molecule has 0 radical (unpaired) electrons. The van der Waals surface area contributed by atoms with Crippen LogP contribution in [0.2, 0.25) is 0 Å². The van der Waals surface area contributed by atoms with Gasteiger partial charge in [0.15, 0.2) is 0 Å². The summed E-state index contributed by atoms with van der Waals surface area (Å²) in [5, 5.41) is 1.93. The Morgan fingerprint density at radius 1 is 1.16 bits per heavy atom. The van der Waals surface area contributed by atoms with Crippen molar-refractivity contribution in [2.45, 2.75) is 24.3 Å². The Labute approximate surface area is 113 Å². The molecule has 0 bridgehead atoms. The van der Waals surface area contributed by atoms with Gasteiger partial charge in [0, 0.05) is 12.6 Å². The first-order chi connectivity index (χ1) is 9.06. The highest BCUT2D eigenvalue weighted by atomic mass is 32.2. The summed E-state index contributed by atoms with van der Waals surface area (Å²) in [6, 6.07) is 12.6. The van der Waals surface area contributed by atoms with Crippen molar-refractivity contribution in [1.82, 2.24) is 4.72 Å². The van der Waals surface area contributed by atoms with Gasteiger partial charge in [-0.2, -0.15) is 0 Å². The number of nitrogens with one attached hydrogen (secondary N) is 1. The van der Waals surface area contributed by atoms with Crippen molar-refractivity contribution in [1.29, 1.82) is 0 Å². The maximum atomic E-state index is 12.2. The standard InChI is InChI=1S/C14H18N2O2S/c1-2-13(10-15)16-19(17,18)14-8-7-11-5-3-4-6-12(11)9-14/h3-9,13,16H,2,10,15H2,1H3. The summed E-state index contributed by atoms with van der Waals surface area (Å²) >= 11 is 0. The summed E-state index contributed by atoms with van der Waals surface area (Å²) in [6.45, 7) is 2.20. The van der Waals surface area contributed by atoms with Crippen molar-refractivity contribution >= 4 is 20.8 Å². The molecule has 0 saturated carbocycles. The first kappa shape index (κ1) is 14.0. The molecule has 1 unspecified atom stereocenters. The minimum Gasteiger partial charge on any atom is -0.329 e. The maximum absolute atomic E-state index is 12.2. The molecule has 0 aliphatic rings. The number of hydrogen-bond acceptors (Lipinski definition) is 3. The molecular formula is C14H18N2O2S. The van der Waals surface area contributed by atoms with E-state index < -0.39 is 10.0 Å². The molecule has 0 aliphatic heterocycles. The lowest BCUT2D eigenvalue weighted by Gasteiger charge is -2.15. The van der Waals surface area contributed by atoms with Crippen molar-refractivity contribution in [3.63, 3.8) is 0 Å². The van der Waals surface area contributed by atoms with E-state index in [4.69, 9.17) is 5.73 Å². The molecule has 0 fully saturated rings. The lowest BCUT2D eigenvalue weighted by atomic mass is 10.1. The van der Waals surface area contributed by atoms with Crippen LogP contribution in [0.1, 0.15) is 13.3 Å². The highest BCUT2D eigenvalue weighted by molar-refractivity contribution is 7.89. The van der Waals surface area contributed by atoms with Crippen LogP contribution in [0, 0.1) is 0 Å². The average molecular weight is 278 g/mol. The molecule has 4 nitrogen and oxygen atoms in total. The van der Waals surface area contributed by atoms with E-state index in [0.29, 0.717) is 13.0 Å². The van der Waals surface area contributed by atoms with Gasteiger partial charge in [0.25, 0.3) is 0 Å². The number of sulfonamides is 1. The van der Waals surface area contributed by atoms with E-state index >= 15 is 0 Å². The van der Waals surface area contributed by atoms with Crippen LogP contribution in [0.25, 0.3) is 10.8 Å². The van der Waals surface area contributed by atoms with Crippen molar-refractivity contribution in [3.8, 4) is 0 Å². The molecule has 0 aromatic heterocycles. The molecule has 2 rings (SSSR count). The minimum absolute atomic E-state index is 0.225. The largest absolute Gasteiger partial charge is 0.329 e. The highest BCUT2D eigenvalue weighted by Crippen LogP contribution is 2.19. The van der Waals surface area contributed by atoms with Crippen molar-refractivity contribution in [2.24, 2.45) is 5.73 Å². The summed E-state index contributed by atoms with van der Waals surface area (Å²) in [5.41, 5.74) is 5.53. The lowest BCUT2D eigenvalue weighted by molar-refractivity contribution is 0.542. The van der Waals surface area contributed by atoms with Gasteiger partial charge in [-0.25, -0.2) is 13.1 Å². The maximum Gasteiger partial charge on any atom is 0.240 e. The zero-order valence-corrected chi connectivity index (χ0v) is 11.7. The van der Waals surface area contributed by atoms with Gasteiger partial charge in [-0.15, -0.1) is 0 Å². The number of rotatable bonds is 5. The predicted molar refractivity (Wildman–Crippen MR) is 77.4 cm³/mol. The van der Waals surface area contributed by atoms with E-state index in [1.165, 1.54) is 0 Å². The van der Waals surface area contributed by atoms with Crippen LogP contribution in [0.15, 0.2) is 47.4 Å². The van der Waals surface area contributed by atoms with Gasteiger partial charge in [0.1, 0.15) is 0 Å². The lowest BCUT2D eigenvalue weighted by Crippen LogP contribution is -2.39. The van der Waals surface area contributed by atoms with Gasteiger partial charge < -0.3 is 5.73 Å². The number of nitrogens with two attached hydrogens (primary N) is 1. The Balaban J connectivity index is 2.37. The van der Waals surface area contributed by atoms with Gasteiger partial charge in [-0.05, 0) is 29.3 Å². The van der Waals surface area contributed by atoms with E-state index in [1.807, 2.05) is 37.3 Å². The van der Waals surface area contributed by atoms with Crippen LogP contribution < -0.4 is 10.5 Å². The molecule has 2 aromatic carbocycles. The SMILES string of the molecule is CCC(CN)NS(=O)(=O)c1ccc2ccccc2c1. The quantitative estimate of drug-likeness (QED) is 0.876. The molecule has 19 heavy (non-hydrogen) atoms. The third-order valence-electron chi connectivity index (χ3n) is 3.13. The van der Waals surface area contributed by atoms with Gasteiger partial charge in [0.2, 0.25) is 10.0 Å². The zero-order valence-electron chi connectivity index (χ0n) is 10.8. The van der Waals surface area contributed by atoms with Crippen molar-refractivity contribution in [2.75, 3.05) is 6.54 Å². The summed E-state index contributed by atoms with van der Waals surface area (Å²) in [5.74, 6) is 0. The molecule has 1 atom stereocenters. The Bertz CT molecular complexity index is 664. The number of hydrogen-bond donors (Lipinski definition) is 2. The first-order valence-corrected chi connectivity index (χ1v) is 7.76. The molecule has 2 aromatic rings. The zero-order chi connectivity index (χ0) is 13.9. The van der Waals surface area contributed by atoms with Crippen molar-refractivity contribution in [3.05, 3.63) is 42.5 Å². The third kappa shape index (κ3) is 3.12. The molecular weight excluding hydrogens is 260 g/mol. The normalized spacial score (nSPS) is 13.6. The summed E-state index contributed by atoms with van der Waals surface area (Å²) in [6.07, 6.45) is 0.670. The summed E-state index contributed by atoms with van der Waals surface area (Å²) < 4.78 is 27.1. The van der Waals surface area contributed by atoms with Crippen LogP contribution in [0.5, 0.6) is 0 Å². The third-order valence-corrected chi connectivity index (χ3v) is 4.65. The summed E-state index contributed by atoms with van der Waals surface area (Å²) in [7, 11) is -3.51.